The van der Waals surface area contributed by atoms with Crippen LogP contribution in [0, 0.1) is 6.92 Å². The second-order valence-electron chi connectivity index (χ2n) is 10.0. The molecule has 2 atom stereocenters. The number of piperazine rings is 1. The highest BCUT2D eigenvalue weighted by molar-refractivity contribution is 6.00. The lowest BCUT2D eigenvalue weighted by Crippen LogP contribution is -2.54. The van der Waals surface area contributed by atoms with Gasteiger partial charge < -0.3 is 20.1 Å². The van der Waals surface area contributed by atoms with E-state index in [1.54, 1.807) is 18.6 Å². The van der Waals surface area contributed by atoms with Gasteiger partial charge >= 0.3 is 0 Å². The van der Waals surface area contributed by atoms with E-state index in [4.69, 9.17) is 0 Å². The monoisotopic (exact) mass is 475 g/mol. The van der Waals surface area contributed by atoms with Gasteiger partial charge in [-0.25, -0.2) is 15.0 Å². The lowest BCUT2D eigenvalue weighted by Gasteiger charge is -2.36. The van der Waals surface area contributed by atoms with Crippen molar-refractivity contribution in [3.05, 3.63) is 46.1 Å². The van der Waals surface area contributed by atoms with E-state index in [2.05, 4.69) is 44.3 Å². The lowest BCUT2D eigenvalue weighted by atomic mass is 10.0. The minimum absolute atomic E-state index is 0.0989. The third-order valence-corrected chi connectivity index (χ3v) is 7.17. The molecule has 9 nitrogen and oxygen atoms in total. The highest BCUT2D eigenvalue weighted by atomic mass is 16.1. The number of carbonyl (C=O) groups excluding carboxylic acids is 1. The highest BCUT2D eigenvalue weighted by Crippen LogP contribution is 2.33. The molecule has 2 N–H and O–H groups in total. The van der Waals surface area contributed by atoms with Crippen molar-refractivity contribution in [3.63, 3.8) is 0 Å². The third kappa shape index (κ3) is 4.52. The molecule has 5 rings (SSSR count). The zero-order chi connectivity index (χ0) is 24.7. The molecule has 1 saturated heterocycles. The van der Waals surface area contributed by atoms with Gasteiger partial charge in [-0.1, -0.05) is 12.8 Å². The fourth-order valence-electron chi connectivity index (χ4n) is 5.66. The van der Waals surface area contributed by atoms with Crippen LogP contribution in [0.5, 0.6) is 0 Å². The molecule has 2 fully saturated rings. The van der Waals surface area contributed by atoms with Crippen LogP contribution in [0.4, 0.5) is 17.5 Å². The van der Waals surface area contributed by atoms with Gasteiger partial charge in [0.2, 0.25) is 0 Å². The van der Waals surface area contributed by atoms with Crippen molar-refractivity contribution in [2.45, 2.75) is 71.5 Å². The Hall–Kier alpha value is -3.33. The zero-order valence-electron chi connectivity index (χ0n) is 20.8. The molecular weight excluding hydrogens is 442 g/mol. The Morgan fingerprint density at radius 1 is 1.03 bits per heavy atom. The van der Waals surface area contributed by atoms with E-state index in [1.165, 1.54) is 6.92 Å². The first kappa shape index (κ1) is 23.4. The number of Topliss-reactive ketones (excluding diaryl/α,β-unsaturated/α-hetero) is 1. The zero-order valence-corrected chi connectivity index (χ0v) is 20.8. The fourth-order valence-corrected chi connectivity index (χ4v) is 5.66. The average molecular weight is 476 g/mol. The quantitative estimate of drug-likeness (QED) is 0.538. The maximum Gasteiger partial charge on any atom is 0.262 e. The number of hydrogen-bond donors (Lipinski definition) is 2. The van der Waals surface area contributed by atoms with Gasteiger partial charge in [0.15, 0.2) is 5.78 Å². The molecule has 0 spiro atoms. The van der Waals surface area contributed by atoms with Crippen molar-refractivity contribution in [2.24, 2.45) is 0 Å². The smallest absolute Gasteiger partial charge is 0.262 e. The molecule has 3 aromatic rings. The van der Waals surface area contributed by atoms with Crippen LogP contribution in [0.1, 0.15) is 68.4 Å². The minimum atomic E-state index is -0.202. The average Bonchev–Trinajstić information content (AvgIpc) is 3.33. The number of hydrogen-bond acceptors (Lipinski definition) is 8. The number of nitrogens with zero attached hydrogens (tertiary/aromatic N) is 5. The number of rotatable bonds is 5. The highest BCUT2D eigenvalue weighted by Gasteiger charge is 2.25. The van der Waals surface area contributed by atoms with Gasteiger partial charge in [-0.3, -0.25) is 9.59 Å². The van der Waals surface area contributed by atoms with E-state index < -0.39 is 0 Å². The molecule has 9 heteroatoms. The fraction of sp³-hybridized carbons (Fsp3) is 0.500. The lowest BCUT2D eigenvalue weighted by molar-refractivity contribution is 0.101. The topological polar surface area (TPSA) is 105 Å². The van der Waals surface area contributed by atoms with Gasteiger partial charge in [-0.05, 0) is 46.1 Å². The van der Waals surface area contributed by atoms with Gasteiger partial charge in [-0.15, -0.1) is 0 Å². The summed E-state index contributed by atoms with van der Waals surface area (Å²) in [5, 5.41) is 7.60. The van der Waals surface area contributed by atoms with E-state index in [0.29, 0.717) is 29.3 Å². The second kappa shape index (κ2) is 9.37. The largest absolute Gasteiger partial charge is 0.352 e. The summed E-state index contributed by atoms with van der Waals surface area (Å²) in [5.74, 6) is 1.82. The van der Waals surface area contributed by atoms with Gasteiger partial charge in [0.05, 0.1) is 23.5 Å². The summed E-state index contributed by atoms with van der Waals surface area (Å²) < 4.78 is 1.82. The number of aromatic nitrogens is 4. The molecule has 1 saturated carbocycles. The summed E-state index contributed by atoms with van der Waals surface area (Å²) in [6.07, 6.45) is 9.30. The molecule has 1 aliphatic heterocycles. The van der Waals surface area contributed by atoms with Crippen molar-refractivity contribution >= 4 is 34.1 Å². The molecule has 2 unspecified atom stereocenters. The Balaban J connectivity index is 1.48. The molecule has 0 amide bonds. The van der Waals surface area contributed by atoms with E-state index in [0.717, 1.165) is 55.5 Å². The predicted molar refractivity (Wildman–Crippen MR) is 138 cm³/mol. The molecule has 4 heterocycles. The SMILES string of the molecule is CC(=O)c1c(C)c2cnc(Nc3cnc(N4CC(C)NC(C)C4)cn3)cc2n(C2CCCC2)c1=O. The number of anilines is 3. The van der Waals surface area contributed by atoms with Crippen molar-refractivity contribution in [1.29, 1.82) is 0 Å². The Morgan fingerprint density at radius 3 is 2.34 bits per heavy atom. The third-order valence-electron chi connectivity index (χ3n) is 7.17. The minimum Gasteiger partial charge on any atom is -0.352 e. The molecule has 35 heavy (non-hydrogen) atoms. The van der Waals surface area contributed by atoms with Crippen LogP contribution in [0.15, 0.2) is 29.5 Å². The molecule has 0 radical (unpaired) electrons. The number of pyridine rings is 2. The molecular formula is C26H33N7O2. The Kier molecular flexibility index (Phi) is 6.27. The van der Waals surface area contributed by atoms with Crippen LogP contribution in [0.25, 0.3) is 10.9 Å². The Morgan fingerprint density at radius 2 is 1.71 bits per heavy atom. The van der Waals surface area contributed by atoms with Crippen LogP contribution in [-0.2, 0) is 0 Å². The summed E-state index contributed by atoms with van der Waals surface area (Å²) in [7, 11) is 0. The number of carbonyl (C=O) groups is 1. The summed E-state index contributed by atoms with van der Waals surface area (Å²) in [6.45, 7) is 9.40. The number of nitrogens with one attached hydrogen (secondary N) is 2. The first-order valence-corrected chi connectivity index (χ1v) is 12.5. The molecule has 0 bridgehead atoms. The number of ketones is 1. The van der Waals surface area contributed by atoms with E-state index in [1.807, 2.05) is 17.6 Å². The van der Waals surface area contributed by atoms with Gasteiger partial charge in [0.25, 0.3) is 5.56 Å². The first-order chi connectivity index (χ1) is 16.8. The second-order valence-corrected chi connectivity index (χ2v) is 10.0. The standard InChI is InChI=1S/C26H33N7O2/c1-15-13-32(14-16(2)30-15)24-12-28-23(11-29-24)31-22-9-21-20(10-27-22)17(3)25(18(4)34)26(35)33(21)19-7-5-6-8-19/h9-12,15-16,19,30H,5-8,13-14H2,1-4H3,(H,27,28,31). The van der Waals surface area contributed by atoms with Gasteiger partial charge in [0.1, 0.15) is 17.5 Å². The number of aryl methyl sites for hydroxylation is 1. The Bertz CT molecular complexity index is 1300. The maximum atomic E-state index is 13.4. The maximum absolute atomic E-state index is 13.4. The number of fused-ring (bicyclic) bond motifs is 1. The molecule has 0 aromatic carbocycles. The van der Waals surface area contributed by atoms with E-state index in [-0.39, 0.29) is 22.9 Å². The summed E-state index contributed by atoms with van der Waals surface area (Å²) in [4.78, 5) is 41.7. The molecule has 184 valence electrons. The van der Waals surface area contributed by atoms with Crippen molar-refractivity contribution in [3.8, 4) is 0 Å². The summed E-state index contributed by atoms with van der Waals surface area (Å²) >= 11 is 0. The van der Waals surface area contributed by atoms with Crippen molar-refractivity contribution < 1.29 is 4.79 Å². The van der Waals surface area contributed by atoms with E-state index >= 15 is 0 Å². The Labute approximate surface area is 205 Å². The predicted octanol–water partition coefficient (Wildman–Crippen LogP) is 3.74. The van der Waals surface area contributed by atoms with Crippen LogP contribution in [0.3, 0.4) is 0 Å². The summed E-state index contributed by atoms with van der Waals surface area (Å²) in [6, 6.07) is 2.78. The van der Waals surface area contributed by atoms with Crippen molar-refractivity contribution in [1.82, 2.24) is 24.8 Å². The van der Waals surface area contributed by atoms with Crippen LogP contribution >= 0.6 is 0 Å². The van der Waals surface area contributed by atoms with Gasteiger partial charge in [-0.2, -0.15) is 0 Å². The summed E-state index contributed by atoms with van der Waals surface area (Å²) in [5.41, 5.74) is 1.56. The van der Waals surface area contributed by atoms with Crippen LogP contribution in [0.2, 0.25) is 0 Å². The molecule has 3 aromatic heterocycles. The normalized spacial score (nSPS) is 21.0. The molecule has 2 aliphatic rings. The van der Waals surface area contributed by atoms with Crippen molar-refractivity contribution in [2.75, 3.05) is 23.3 Å². The van der Waals surface area contributed by atoms with Crippen LogP contribution in [-0.4, -0.2) is 50.5 Å². The first-order valence-electron chi connectivity index (χ1n) is 12.5. The van der Waals surface area contributed by atoms with Gasteiger partial charge in [0, 0.05) is 48.9 Å². The van der Waals surface area contributed by atoms with Crippen LogP contribution < -0.4 is 21.1 Å². The molecule has 1 aliphatic carbocycles. The van der Waals surface area contributed by atoms with E-state index in [9.17, 15) is 9.59 Å².